The topological polar surface area (TPSA) is 133 Å². The van der Waals surface area contributed by atoms with Crippen LogP contribution in [0.5, 0.6) is 0 Å². The first kappa shape index (κ1) is 12.7. The van der Waals surface area contributed by atoms with Gasteiger partial charge < -0.3 is 10.1 Å². The fourth-order valence-electron chi connectivity index (χ4n) is 1.22. The molecule has 0 fully saturated rings. The molecule has 100 valence electrons. The molecule has 4 N–H and O–H groups in total. The SMILES string of the molecule is COC(=O)CNc1nc(NN)nc(-n2cccn2)n1. The van der Waals surface area contributed by atoms with Gasteiger partial charge in [0.2, 0.25) is 11.9 Å². The van der Waals surface area contributed by atoms with Crippen LogP contribution >= 0.6 is 0 Å². The number of aromatic nitrogens is 5. The Morgan fingerprint density at radius 3 is 2.84 bits per heavy atom. The minimum atomic E-state index is -0.441. The van der Waals surface area contributed by atoms with Crippen LogP contribution in [0, 0.1) is 0 Å². The molecule has 2 heterocycles. The van der Waals surface area contributed by atoms with Crippen molar-refractivity contribution in [3.05, 3.63) is 18.5 Å². The second-order valence-electron chi connectivity index (χ2n) is 3.31. The third-order valence-corrected chi connectivity index (χ3v) is 2.08. The standard InChI is InChI=1S/C9H12N8O2/c1-19-6(18)5-11-7-13-8(16-10)15-9(14-7)17-4-2-3-12-17/h2-4H,5,10H2,1H3,(H2,11,13,14,15,16). The van der Waals surface area contributed by atoms with Gasteiger partial charge in [0.1, 0.15) is 6.54 Å². The lowest BCUT2D eigenvalue weighted by Gasteiger charge is -2.07. The fourth-order valence-corrected chi connectivity index (χ4v) is 1.22. The molecule has 0 saturated carbocycles. The number of hydrogen-bond acceptors (Lipinski definition) is 9. The van der Waals surface area contributed by atoms with Crippen LogP contribution < -0.4 is 16.6 Å². The van der Waals surface area contributed by atoms with E-state index in [0.29, 0.717) is 0 Å². The number of carbonyl (C=O) groups is 1. The van der Waals surface area contributed by atoms with Crippen molar-refractivity contribution in [1.82, 2.24) is 24.7 Å². The Morgan fingerprint density at radius 2 is 2.21 bits per heavy atom. The normalized spacial score (nSPS) is 10.0. The van der Waals surface area contributed by atoms with Crippen molar-refractivity contribution >= 4 is 17.9 Å². The molecule has 0 aliphatic rings. The fraction of sp³-hybridized carbons (Fsp3) is 0.222. The average Bonchev–Trinajstić information content (AvgIpc) is 2.98. The lowest BCUT2D eigenvalue weighted by Crippen LogP contribution is -2.19. The van der Waals surface area contributed by atoms with E-state index in [2.05, 4.69) is 35.5 Å². The molecule has 0 spiro atoms. The number of hydrazine groups is 1. The predicted octanol–water partition coefficient (Wildman–Crippen LogP) is -1.07. The van der Waals surface area contributed by atoms with Gasteiger partial charge in [-0.1, -0.05) is 0 Å². The van der Waals surface area contributed by atoms with E-state index in [9.17, 15) is 4.79 Å². The summed E-state index contributed by atoms with van der Waals surface area (Å²) in [7, 11) is 1.29. The molecule has 0 atom stereocenters. The van der Waals surface area contributed by atoms with Crippen molar-refractivity contribution in [3.63, 3.8) is 0 Å². The predicted molar refractivity (Wildman–Crippen MR) is 65.3 cm³/mol. The van der Waals surface area contributed by atoms with Gasteiger partial charge in [0.15, 0.2) is 0 Å². The van der Waals surface area contributed by atoms with Crippen molar-refractivity contribution < 1.29 is 9.53 Å². The molecule has 0 amide bonds. The van der Waals surface area contributed by atoms with Crippen molar-refractivity contribution in [2.45, 2.75) is 0 Å². The number of nitrogens with two attached hydrogens (primary N) is 1. The Bertz CT molecular complexity index is 555. The van der Waals surface area contributed by atoms with Crippen LogP contribution in [0.25, 0.3) is 5.95 Å². The lowest BCUT2D eigenvalue weighted by atomic mass is 10.6. The molecule has 0 radical (unpaired) electrons. The van der Waals surface area contributed by atoms with Crippen LogP contribution in [0.4, 0.5) is 11.9 Å². The number of anilines is 2. The maximum absolute atomic E-state index is 11.0. The molecule has 2 rings (SSSR count). The third kappa shape index (κ3) is 3.13. The van der Waals surface area contributed by atoms with Crippen LogP contribution in [0.3, 0.4) is 0 Å². The van der Waals surface area contributed by atoms with Crippen molar-refractivity contribution in [2.75, 3.05) is 24.4 Å². The molecule has 10 heteroatoms. The number of esters is 1. The van der Waals surface area contributed by atoms with Crippen molar-refractivity contribution in [1.29, 1.82) is 0 Å². The minimum Gasteiger partial charge on any atom is -0.468 e. The average molecular weight is 264 g/mol. The second kappa shape index (κ2) is 5.73. The molecule has 0 aliphatic carbocycles. The molecule has 0 aromatic carbocycles. The zero-order valence-corrected chi connectivity index (χ0v) is 10.1. The third-order valence-electron chi connectivity index (χ3n) is 2.08. The summed E-state index contributed by atoms with van der Waals surface area (Å²) in [5.74, 6) is 5.42. The summed E-state index contributed by atoms with van der Waals surface area (Å²) in [6.07, 6.45) is 3.25. The first-order valence-corrected chi connectivity index (χ1v) is 5.26. The summed E-state index contributed by atoms with van der Waals surface area (Å²) in [4.78, 5) is 23.1. The first-order valence-electron chi connectivity index (χ1n) is 5.26. The summed E-state index contributed by atoms with van der Waals surface area (Å²) in [6, 6.07) is 1.72. The maximum Gasteiger partial charge on any atom is 0.325 e. The van der Waals surface area contributed by atoms with Crippen LogP contribution in [0.2, 0.25) is 0 Å². The van der Waals surface area contributed by atoms with E-state index >= 15 is 0 Å². The van der Waals surface area contributed by atoms with Gasteiger partial charge in [-0.2, -0.15) is 20.1 Å². The van der Waals surface area contributed by atoms with Gasteiger partial charge in [-0.05, 0) is 6.07 Å². The van der Waals surface area contributed by atoms with Gasteiger partial charge in [-0.25, -0.2) is 10.5 Å². The van der Waals surface area contributed by atoms with Crippen molar-refractivity contribution in [2.24, 2.45) is 5.84 Å². The van der Waals surface area contributed by atoms with Crippen molar-refractivity contribution in [3.8, 4) is 5.95 Å². The number of ether oxygens (including phenoxy) is 1. The number of methoxy groups -OCH3 is 1. The molecule has 2 aromatic rings. The van der Waals surface area contributed by atoms with Gasteiger partial charge >= 0.3 is 5.97 Å². The highest BCUT2D eigenvalue weighted by Gasteiger charge is 2.09. The molecular formula is C9H12N8O2. The highest BCUT2D eigenvalue weighted by Crippen LogP contribution is 2.07. The highest BCUT2D eigenvalue weighted by molar-refractivity contribution is 5.74. The number of carbonyl (C=O) groups excluding carboxylic acids is 1. The Morgan fingerprint density at radius 1 is 1.42 bits per heavy atom. The van der Waals surface area contributed by atoms with E-state index in [1.807, 2.05) is 0 Å². The molecule has 0 unspecified atom stereocenters. The second-order valence-corrected chi connectivity index (χ2v) is 3.31. The number of rotatable bonds is 5. The van der Waals surface area contributed by atoms with Crippen LogP contribution in [-0.2, 0) is 9.53 Å². The molecule has 19 heavy (non-hydrogen) atoms. The minimum absolute atomic E-state index is 0.0664. The monoisotopic (exact) mass is 264 g/mol. The van der Waals surface area contributed by atoms with E-state index < -0.39 is 5.97 Å². The summed E-state index contributed by atoms with van der Waals surface area (Å²) in [5, 5.41) is 6.69. The maximum atomic E-state index is 11.0. The molecule has 2 aromatic heterocycles. The molecule has 10 nitrogen and oxygen atoms in total. The Kier molecular flexibility index (Phi) is 3.83. The van der Waals surface area contributed by atoms with E-state index in [1.54, 1.807) is 18.5 Å². The van der Waals surface area contributed by atoms with E-state index in [0.717, 1.165) is 0 Å². The summed E-state index contributed by atoms with van der Waals surface area (Å²) in [6.45, 7) is -0.0664. The summed E-state index contributed by atoms with van der Waals surface area (Å²) >= 11 is 0. The van der Waals surface area contributed by atoms with Gasteiger partial charge in [0.25, 0.3) is 5.95 Å². The van der Waals surface area contributed by atoms with Crippen LogP contribution in [0.15, 0.2) is 18.5 Å². The highest BCUT2D eigenvalue weighted by atomic mass is 16.5. The number of nitrogens with one attached hydrogen (secondary N) is 2. The quantitative estimate of drug-likeness (QED) is 0.350. The Balaban J connectivity index is 2.23. The Labute approximate surface area is 108 Å². The van der Waals surface area contributed by atoms with Gasteiger partial charge in [-0.15, -0.1) is 0 Å². The van der Waals surface area contributed by atoms with Gasteiger partial charge in [-0.3, -0.25) is 10.2 Å². The van der Waals surface area contributed by atoms with Crippen LogP contribution in [-0.4, -0.2) is 44.4 Å². The molecule has 0 aliphatic heterocycles. The molecule has 0 saturated heterocycles. The smallest absolute Gasteiger partial charge is 0.325 e. The zero-order chi connectivity index (χ0) is 13.7. The summed E-state index contributed by atoms with van der Waals surface area (Å²) in [5.41, 5.74) is 2.31. The number of nitrogens with zero attached hydrogens (tertiary/aromatic N) is 5. The molecular weight excluding hydrogens is 252 g/mol. The molecule has 0 bridgehead atoms. The van der Waals surface area contributed by atoms with E-state index in [1.165, 1.54) is 11.8 Å². The largest absolute Gasteiger partial charge is 0.468 e. The number of nitrogen functional groups attached to an aromatic ring is 1. The van der Waals surface area contributed by atoms with Gasteiger partial charge in [0.05, 0.1) is 7.11 Å². The lowest BCUT2D eigenvalue weighted by molar-refractivity contribution is -0.138. The Hall–Kier alpha value is -2.75. The van der Waals surface area contributed by atoms with Crippen LogP contribution in [0.1, 0.15) is 0 Å². The zero-order valence-electron chi connectivity index (χ0n) is 10.1. The number of hydrogen-bond donors (Lipinski definition) is 3. The van der Waals surface area contributed by atoms with E-state index in [-0.39, 0.29) is 24.4 Å². The first-order chi connectivity index (χ1) is 9.22. The van der Waals surface area contributed by atoms with Gasteiger partial charge in [0, 0.05) is 12.4 Å². The summed E-state index contributed by atoms with van der Waals surface area (Å²) < 4.78 is 5.94. The van der Waals surface area contributed by atoms with E-state index in [4.69, 9.17) is 5.84 Å².